The number of allylic oxidation sites excluding steroid dienone is 4. The monoisotopic (exact) mass is 871 g/mol. The van der Waals surface area contributed by atoms with Gasteiger partial charge in [0.2, 0.25) is 0 Å². The number of carbonyl (C=O) groups excluding carboxylic acids is 2. The lowest BCUT2D eigenvalue weighted by Gasteiger charge is -2.20. The van der Waals surface area contributed by atoms with Gasteiger partial charge >= 0.3 is 19.8 Å². The van der Waals surface area contributed by atoms with Crippen molar-refractivity contribution in [1.29, 1.82) is 0 Å². The van der Waals surface area contributed by atoms with E-state index in [9.17, 15) is 24.2 Å². The summed E-state index contributed by atoms with van der Waals surface area (Å²) in [5.74, 6) is -0.160. The molecular formula is C48H87O11P. The van der Waals surface area contributed by atoms with Crippen LogP contribution in [0, 0.1) is 5.92 Å². The predicted octanol–water partition coefficient (Wildman–Crippen LogP) is 12.0. The smallest absolute Gasteiger partial charge is 0.462 e. The summed E-state index contributed by atoms with van der Waals surface area (Å²) < 4.78 is 38.5. The molecule has 0 aliphatic carbocycles. The summed E-state index contributed by atoms with van der Waals surface area (Å²) in [6.45, 7) is 4.65. The first-order valence-electron chi connectivity index (χ1n) is 23.9. The van der Waals surface area contributed by atoms with Crippen molar-refractivity contribution in [2.75, 3.05) is 26.4 Å². The van der Waals surface area contributed by atoms with Crippen LogP contribution in [0.25, 0.3) is 0 Å². The van der Waals surface area contributed by atoms with Gasteiger partial charge in [0.05, 0.1) is 32.0 Å². The van der Waals surface area contributed by atoms with Crippen LogP contribution in [0.2, 0.25) is 0 Å². The summed E-state index contributed by atoms with van der Waals surface area (Å²) in [6, 6.07) is 0. The molecule has 3 N–H and O–H groups in total. The van der Waals surface area contributed by atoms with Crippen molar-refractivity contribution in [2.24, 2.45) is 5.92 Å². The number of phosphoric acid groups is 1. The third-order valence-electron chi connectivity index (χ3n) is 10.6. The number of hydrogen-bond donors (Lipinski definition) is 3. The Morgan fingerprint density at radius 3 is 1.72 bits per heavy atom. The molecule has 0 amide bonds. The van der Waals surface area contributed by atoms with Crippen molar-refractivity contribution in [3.05, 3.63) is 36.5 Å². The van der Waals surface area contributed by atoms with Crippen LogP contribution in [0.3, 0.4) is 0 Å². The van der Waals surface area contributed by atoms with Gasteiger partial charge in [-0.25, -0.2) is 4.57 Å². The van der Waals surface area contributed by atoms with Crippen molar-refractivity contribution in [3.8, 4) is 0 Å². The highest BCUT2D eigenvalue weighted by molar-refractivity contribution is 7.47. The normalized spacial score (nSPS) is 17.5. The lowest BCUT2D eigenvalue weighted by molar-refractivity contribution is -0.161. The number of phosphoric ester groups is 1. The number of aliphatic hydroxyl groups is 2. The number of aliphatic hydroxyl groups excluding tert-OH is 2. The summed E-state index contributed by atoms with van der Waals surface area (Å²) in [5, 5.41) is 18.4. The van der Waals surface area contributed by atoms with Gasteiger partial charge in [0.25, 0.3) is 0 Å². The molecule has 1 heterocycles. The molecule has 0 aromatic heterocycles. The van der Waals surface area contributed by atoms with Gasteiger partial charge in [-0.05, 0) is 57.3 Å². The van der Waals surface area contributed by atoms with Crippen molar-refractivity contribution in [1.82, 2.24) is 0 Å². The van der Waals surface area contributed by atoms with E-state index in [1.807, 2.05) is 6.08 Å². The predicted molar refractivity (Wildman–Crippen MR) is 242 cm³/mol. The fourth-order valence-electron chi connectivity index (χ4n) is 6.80. The maximum atomic E-state index is 12.7. The second-order valence-corrected chi connectivity index (χ2v) is 18.5. The molecule has 1 saturated heterocycles. The van der Waals surface area contributed by atoms with Crippen LogP contribution >= 0.6 is 7.82 Å². The van der Waals surface area contributed by atoms with Gasteiger partial charge in [0, 0.05) is 12.8 Å². The Bertz CT molecular complexity index is 1170. The molecule has 1 aliphatic rings. The fraction of sp³-hybridized carbons (Fsp3) is 0.833. The molecule has 350 valence electrons. The Morgan fingerprint density at radius 1 is 0.633 bits per heavy atom. The molecule has 11 nitrogen and oxygen atoms in total. The molecule has 1 aliphatic heterocycles. The molecule has 3 unspecified atom stereocenters. The zero-order chi connectivity index (χ0) is 43.9. The van der Waals surface area contributed by atoms with Crippen molar-refractivity contribution >= 4 is 19.8 Å². The molecule has 0 aromatic rings. The van der Waals surface area contributed by atoms with Crippen molar-refractivity contribution in [2.45, 2.75) is 225 Å². The van der Waals surface area contributed by atoms with E-state index in [4.69, 9.17) is 28.4 Å². The summed E-state index contributed by atoms with van der Waals surface area (Å²) in [7, 11) is -4.64. The highest BCUT2D eigenvalue weighted by Gasteiger charge is 2.36. The van der Waals surface area contributed by atoms with E-state index in [0.29, 0.717) is 31.5 Å². The summed E-state index contributed by atoms with van der Waals surface area (Å²) in [6.07, 6.45) is 41.5. The molecule has 0 radical (unpaired) electrons. The van der Waals surface area contributed by atoms with E-state index >= 15 is 0 Å². The van der Waals surface area contributed by atoms with E-state index in [0.717, 1.165) is 50.9 Å². The number of ether oxygens (including phenoxy) is 3. The SMILES string of the molecule is CCCCC/C=C\CC1OC1C/C=C\C/C=C\CCCC(=O)OC[C@H](COP(=O)(O)OC[C@@H](O)CO)OC(=O)CCCCCCCCCCCCCCCCCCC(C)C. The highest BCUT2D eigenvalue weighted by atomic mass is 31.2. The van der Waals surface area contributed by atoms with Gasteiger partial charge in [0.1, 0.15) is 12.7 Å². The fourth-order valence-corrected chi connectivity index (χ4v) is 7.59. The molecule has 5 atom stereocenters. The molecule has 0 spiro atoms. The largest absolute Gasteiger partial charge is 0.472 e. The number of unbranched alkanes of at least 4 members (excludes halogenated alkanes) is 19. The second-order valence-electron chi connectivity index (χ2n) is 17.0. The zero-order valence-electron chi connectivity index (χ0n) is 38.0. The van der Waals surface area contributed by atoms with Crippen LogP contribution in [0.5, 0.6) is 0 Å². The Hall–Kier alpha value is -1.85. The number of hydrogen-bond acceptors (Lipinski definition) is 10. The van der Waals surface area contributed by atoms with Gasteiger partial charge in [-0.15, -0.1) is 0 Å². The second kappa shape index (κ2) is 38.8. The lowest BCUT2D eigenvalue weighted by Crippen LogP contribution is -2.29. The minimum Gasteiger partial charge on any atom is -0.462 e. The molecule has 0 saturated carbocycles. The molecule has 60 heavy (non-hydrogen) atoms. The van der Waals surface area contributed by atoms with E-state index in [-0.39, 0.29) is 19.4 Å². The van der Waals surface area contributed by atoms with Gasteiger partial charge in [-0.1, -0.05) is 173 Å². The van der Waals surface area contributed by atoms with Crippen molar-refractivity contribution < 1.29 is 52.5 Å². The highest BCUT2D eigenvalue weighted by Crippen LogP contribution is 2.43. The van der Waals surface area contributed by atoms with Crippen LogP contribution in [0.4, 0.5) is 0 Å². The standard InChI is InChI=1S/C48H87O11P/c1-4-5-6-7-24-29-34-45-46(59-45)35-30-25-20-18-22-26-31-36-47(51)55-40-44(41-57-60(53,54)56-39-43(50)38-49)58-48(52)37-32-27-21-17-15-13-11-9-8-10-12-14-16-19-23-28-33-42(2)3/h18,22,24-25,29-30,42-46,49-50H,4-17,19-21,23,26-28,31-41H2,1-3H3,(H,53,54)/b22-18-,29-24-,30-25-/t43-,44+,45?,46?/m0/s1. The number of esters is 2. The number of rotatable bonds is 43. The average Bonchev–Trinajstić information content (AvgIpc) is 3.98. The third kappa shape index (κ3) is 36.8. The van der Waals surface area contributed by atoms with E-state index < -0.39 is 51.8 Å². The van der Waals surface area contributed by atoms with Crippen LogP contribution in [0.1, 0.15) is 201 Å². The first kappa shape index (κ1) is 56.2. The van der Waals surface area contributed by atoms with E-state index in [2.05, 4.69) is 51.2 Å². The third-order valence-corrected chi connectivity index (χ3v) is 11.6. The Morgan fingerprint density at radius 2 is 1.13 bits per heavy atom. The zero-order valence-corrected chi connectivity index (χ0v) is 38.9. The molecule has 1 fully saturated rings. The van der Waals surface area contributed by atoms with E-state index in [1.54, 1.807) is 0 Å². The maximum Gasteiger partial charge on any atom is 0.472 e. The van der Waals surface area contributed by atoms with Crippen LogP contribution in [0.15, 0.2) is 36.5 Å². The number of epoxide rings is 1. The van der Waals surface area contributed by atoms with Gasteiger partial charge < -0.3 is 29.3 Å². The average molecular weight is 871 g/mol. The molecule has 0 bridgehead atoms. The Labute approximate surface area is 365 Å². The minimum atomic E-state index is -4.64. The Kier molecular flexibility index (Phi) is 36.3. The minimum absolute atomic E-state index is 0.161. The summed E-state index contributed by atoms with van der Waals surface area (Å²) >= 11 is 0. The quantitative estimate of drug-likeness (QED) is 0.0176. The van der Waals surface area contributed by atoms with E-state index in [1.165, 1.54) is 103 Å². The van der Waals surface area contributed by atoms with Crippen LogP contribution in [-0.4, -0.2) is 77.9 Å². The first-order chi connectivity index (χ1) is 29.1. The number of carbonyl (C=O) groups is 2. The lowest BCUT2D eigenvalue weighted by atomic mass is 10.0. The van der Waals surface area contributed by atoms with Crippen molar-refractivity contribution in [3.63, 3.8) is 0 Å². The first-order valence-corrected chi connectivity index (χ1v) is 25.4. The summed E-state index contributed by atoms with van der Waals surface area (Å²) in [5.41, 5.74) is 0. The van der Waals surface area contributed by atoms with Crippen LogP contribution < -0.4 is 0 Å². The molecule has 0 aromatic carbocycles. The molecule has 12 heteroatoms. The molecule has 1 rings (SSSR count). The van der Waals surface area contributed by atoms with Gasteiger partial charge in [0.15, 0.2) is 6.10 Å². The van der Waals surface area contributed by atoms with Gasteiger partial charge in [-0.3, -0.25) is 18.6 Å². The van der Waals surface area contributed by atoms with Gasteiger partial charge in [-0.2, -0.15) is 0 Å². The molecular weight excluding hydrogens is 783 g/mol. The van der Waals surface area contributed by atoms with Crippen LogP contribution in [-0.2, 0) is 37.4 Å². The Balaban J connectivity index is 2.24. The summed E-state index contributed by atoms with van der Waals surface area (Å²) in [4.78, 5) is 35.1. The maximum absolute atomic E-state index is 12.7. The topological polar surface area (TPSA) is 161 Å².